The van der Waals surface area contributed by atoms with Gasteiger partial charge in [0, 0.05) is 30.4 Å². The van der Waals surface area contributed by atoms with Gasteiger partial charge in [-0.1, -0.05) is 23.7 Å². The SMILES string of the molecule is CCOC(OCC)P(=O)(O)CCC(N)Cc1ccc(Cl)cc1. The normalized spacial score (nSPS) is 15.7. The zero-order valence-electron chi connectivity index (χ0n) is 13.1. The summed E-state index contributed by atoms with van der Waals surface area (Å²) in [4.78, 5) is 10.1. The van der Waals surface area contributed by atoms with Crippen LogP contribution in [0.2, 0.25) is 5.02 Å². The Morgan fingerprint density at radius 2 is 1.77 bits per heavy atom. The van der Waals surface area contributed by atoms with Gasteiger partial charge in [0.15, 0.2) is 0 Å². The van der Waals surface area contributed by atoms with Gasteiger partial charge in [0.05, 0.1) is 0 Å². The molecule has 0 aliphatic carbocycles. The summed E-state index contributed by atoms with van der Waals surface area (Å²) in [5.41, 5.74) is 7.10. The van der Waals surface area contributed by atoms with E-state index in [1.54, 1.807) is 26.0 Å². The van der Waals surface area contributed by atoms with Crippen LogP contribution >= 0.6 is 19.0 Å². The maximum absolute atomic E-state index is 12.3. The zero-order chi connectivity index (χ0) is 16.6. The smallest absolute Gasteiger partial charge is 0.255 e. The predicted molar refractivity (Wildman–Crippen MR) is 89.5 cm³/mol. The van der Waals surface area contributed by atoms with E-state index < -0.39 is 13.4 Å². The quantitative estimate of drug-likeness (QED) is 0.500. The maximum atomic E-state index is 12.3. The van der Waals surface area contributed by atoms with Crippen LogP contribution in [0.4, 0.5) is 0 Å². The van der Waals surface area contributed by atoms with E-state index in [2.05, 4.69) is 0 Å². The summed E-state index contributed by atoms with van der Waals surface area (Å²) >= 11 is 5.83. The van der Waals surface area contributed by atoms with Crippen LogP contribution in [0.25, 0.3) is 0 Å². The summed E-state index contributed by atoms with van der Waals surface area (Å²) in [6.07, 6.45) is 1.13. The van der Waals surface area contributed by atoms with Gasteiger partial charge in [0.25, 0.3) is 7.37 Å². The fourth-order valence-corrected chi connectivity index (χ4v) is 3.85. The molecule has 0 saturated carbocycles. The number of benzene rings is 1. The molecular formula is C15H25ClNO4P. The van der Waals surface area contributed by atoms with Gasteiger partial charge < -0.3 is 20.1 Å². The van der Waals surface area contributed by atoms with E-state index >= 15 is 0 Å². The van der Waals surface area contributed by atoms with Crippen molar-refractivity contribution in [1.29, 1.82) is 0 Å². The lowest BCUT2D eigenvalue weighted by molar-refractivity contribution is -0.0871. The van der Waals surface area contributed by atoms with Crippen LogP contribution in [0.5, 0.6) is 0 Å². The van der Waals surface area contributed by atoms with E-state index in [1.807, 2.05) is 12.1 Å². The molecule has 0 aliphatic heterocycles. The second kappa shape index (κ2) is 9.66. The van der Waals surface area contributed by atoms with Crippen LogP contribution in [0.1, 0.15) is 25.8 Å². The van der Waals surface area contributed by atoms with Gasteiger partial charge in [-0.05, 0) is 44.4 Å². The predicted octanol–water partition coefficient (Wildman–Crippen LogP) is 3.23. The molecule has 0 heterocycles. The lowest BCUT2D eigenvalue weighted by atomic mass is 10.1. The van der Waals surface area contributed by atoms with Gasteiger partial charge >= 0.3 is 0 Å². The van der Waals surface area contributed by atoms with Crippen molar-refractivity contribution in [2.24, 2.45) is 5.73 Å². The van der Waals surface area contributed by atoms with Crippen molar-refractivity contribution in [1.82, 2.24) is 0 Å². The number of hydrogen-bond acceptors (Lipinski definition) is 4. The first kappa shape index (κ1) is 19.6. The van der Waals surface area contributed by atoms with Crippen LogP contribution < -0.4 is 5.73 Å². The van der Waals surface area contributed by atoms with Crippen LogP contribution in [-0.2, 0) is 20.5 Å². The first-order chi connectivity index (χ1) is 10.4. The monoisotopic (exact) mass is 349 g/mol. The molecule has 1 rings (SSSR count). The Balaban J connectivity index is 2.51. The zero-order valence-corrected chi connectivity index (χ0v) is 14.7. The van der Waals surface area contributed by atoms with Gasteiger partial charge in [-0.25, -0.2) is 0 Å². The van der Waals surface area contributed by atoms with Crippen LogP contribution in [0.3, 0.4) is 0 Å². The second-order valence-electron chi connectivity index (χ2n) is 5.08. The molecule has 0 fully saturated rings. The molecule has 7 heteroatoms. The number of halogens is 1. The Kier molecular flexibility index (Phi) is 8.62. The third kappa shape index (κ3) is 6.78. The Labute approximate surface area is 137 Å². The Morgan fingerprint density at radius 1 is 1.23 bits per heavy atom. The molecule has 1 aromatic rings. The largest absolute Gasteiger partial charge is 0.345 e. The summed E-state index contributed by atoms with van der Waals surface area (Å²) in [7, 11) is -3.55. The van der Waals surface area contributed by atoms with Gasteiger partial charge in [-0.2, -0.15) is 0 Å². The summed E-state index contributed by atoms with van der Waals surface area (Å²) in [5, 5.41) is 0.674. The summed E-state index contributed by atoms with van der Waals surface area (Å²) in [5.74, 6) is 0. The van der Waals surface area contributed by atoms with Crippen molar-refractivity contribution >= 4 is 19.0 Å². The molecule has 0 aromatic heterocycles. The molecule has 0 aliphatic rings. The number of nitrogens with two attached hydrogens (primary N) is 1. The molecule has 1 aromatic carbocycles. The molecule has 0 bridgehead atoms. The van der Waals surface area contributed by atoms with Crippen molar-refractivity contribution in [3.05, 3.63) is 34.9 Å². The van der Waals surface area contributed by atoms with E-state index in [0.717, 1.165) is 5.56 Å². The fourth-order valence-electron chi connectivity index (χ4n) is 2.05. The molecule has 2 unspecified atom stereocenters. The van der Waals surface area contributed by atoms with Crippen LogP contribution in [0.15, 0.2) is 24.3 Å². The van der Waals surface area contributed by atoms with E-state index in [4.69, 9.17) is 26.8 Å². The van der Waals surface area contributed by atoms with E-state index in [-0.39, 0.29) is 12.2 Å². The second-order valence-corrected chi connectivity index (χ2v) is 7.89. The Bertz CT molecular complexity index is 477. The molecule has 126 valence electrons. The Hall–Kier alpha value is -0.420. The highest BCUT2D eigenvalue weighted by atomic mass is 35.5. The van der Waals surface area contributed by atoms with E-state index in [0.29, 0.717) is 31.1 Å². The fraction of sp³-hybridized carbons (Fsp3) is 0.600. The van der Waals surface area contributed by atoms with Crippen molar-refractivity contribution in [3.8, 4) is 0 Å². The highest BCUT2D eigenvalue weighted by Gasteiger charge is 2.32. The van der Waals surface area contributed by atoms with Gasteiger partial charge in [-0.3, -0.25) is 4.57 Å². The first-order valence-electron chi connectivity index (χ1n) is 7.43. The van der Waals surface area contributed by atoms with E-state index in [1.165, 1.54) is 0 Å². The first-order valence-corrected chi connectivity index (χ1v) is 9.73. The molecule has 0 radical (unpaired) electrons. The standard InChI is InChI=1S/C15H25ClNO4P/c1-3-20-15(21-4-2)22(18,19)10-9-14(17)11-12-5-7-13(16)8-6-12/h5-8,14-15H,3-4,9-11,17H2,1-2H3,(H,18,19). The van der Waals surface area contributed by atoms with Gasteiger partial charge in [0.1, 0.15) is 0 Å². The maximum Gasteiger partial charge on any atom is 0.255 e. The third-order valence-electron chi connectivity index (χ3n) is 3.18. The molecule has 22 heavy (non-hydrogen) atoms. The van der Waals surface area contributed by atoms with Crippen molar-refractivity contribution < 1.29 is 18.9 Å². The molecule has 0 saturated heterocycles. The average Bonchev–Trinajstić information content (AvgIpc) is 2.47. The van der Waals surface area contributed by atoms with Crippen molar-refractivity contribution in [2.75, 3.05) is 19.4 Å². The average molecular weight is 350 g/mol. The Morgan fingerprint density at radius 3 is 2.27 bits per heavy atom. The lowest BCUT2D eigenvalue weighted by Crippen LogP contribution is -2.26. The topological polar surface area (TPSA) is 81.8 Å². The van der Waals surface area contributed by atoms with Gasteiger partial charge in [0.2, 0.25) is 6.03 Å². The molecule has 2 atom stereocenters. The van der Waals surface area contributed by atoms with Crippen LogP contribution in [-0.4, -0.2) is 36.3 Å². The van der Waals surface area contributed by atoms with Crippen LogP contribution in [0, 0.1) is 0 Å². The lowest BCUT2D eigenvalue weighted by Gasteiger charge is -2.23. The van der Waals surface area contributed by atoms with Crippen molar-refractivity contribution in [2.45, 2.75) is 38.8 Å². The highest BCUT2D eigenvalue weighted by molar-refractivity contribution is 7.58. The minimum Gasteiger partial charge on any atom is -0.345 e. The summed E-state index contributed by atoms with van der Waals surface area (Å²) in [6, 6.07) is 6.16. The molecule has 3 N–H and O–H groups in total. The van der Waals surface area contributed by atoms with E-state index in [9.17, 15) is 9.46 Å². The number of hydrogen-bond donors (Lipinski definition) is 2. The number of ether oxygens (including phenoxy) is 2. The minimum atomic E-state index is -3.55. The van der Waals surface area contributed by atoms with Gasteiger partial charge in [-0.15, -0.1) is 0 Å². The minimum absolute atomic E-state index is 0.0758. The molecule has 0 spiro atoms. The highest BCUT2D eigenvalue weighted by Crippen LogP contribution is 2.48. The van der Waals surface area contributed by atoms with Crippen molar-refractivity contribution in [3.63, 3.8) is 0 Å². The molecule has 5 nitrogen and oxygen atoms in total. The third-order valence-corrected chi connectivity index (χ3v) is 5.29. The molecular weight excluding hydrogens is 325 g/mol. The number of rotatable bonds is 10. The molecule has 0 amide bonds. The summed E-state index contributed by atoms with van der Waals surface area (Å²) in [6.45, 7) is 4.18. The summed E-state index contributed by atoms with van der Waals surface area (Å²) < 4.78 is 22.8.